The van der Waals surface area contributed by atoms with Crippen molar-refractivity contribution in [2.24, 2.45) is 4.99 Å². The maximum absolute atomic E-state index is 13.6. The largest absolute Gasteiger partial charge is 0.382 e. The molecule has 2 aromatic rings. The number of aryl methyl sites for hydroxylation is 1. The lowest BCUT2D eigenvalue weighted by atomic mass is 10.1. The molecule has 0 bridgehead atoms. The Morgan fingerprint density at radius 3 is 3.10 bits per heavy atom. The van der Waals surface area contributed by atoms with E-state index >= 15 is 0 Å². The zero-order valence-electron chi connectivity index (χ0n) is 12.0. The lowest BCUT2D eigenvalue weighted by Crippen LogP contribution is -2.25. The maximum atomic E-state index is 13.6. The van der Waals surface area contributed by atoms with Gasteiger partial charge in [0.1, 0.15) is 5.82 Å². The van der Waals surface area contributed by atoms with Gasteiger partial charge in [0.2, 0.25) is 0 Å². The molecule has 0 amide bonds. The zero-order chi connectivity index (χ0) is 14.8. The Kier molecular flexibility index (Phi) is 3.73. The van der Waals surface area contributed by atoms with E-state index in [2.05, 4.69) is 17.2 Å². The molecule has 0 unspecified atom stereocenters. The molecule has 4 nitrogen and oxygen atoms in total. The van der Waals surface area contributed by atoms with Crippen LogP contribution in [-0.2, 0) is 6.54 Å². The van der Waals surface area contributed by atoms with E-state index in [4.69, 9.17) is 0 Å². The van der Waals surface area contributed by atoms with E-state index in [0.717, 1.165) is 23.7 Å². The highest BCUT2D eigenvalue weighted by atomic mass is 19.1. The smallest absolute Gasteiger partial charge is 0.261 e. The number of aromatic nitrogens is 1. The minimum absolute atomic E-state index is 0.0595. The monoisotopic (exact) mass is 287 g/mol. The quantitative estimate of drug-likeness (QED) is 0.943. The van der Waals surface area contributed by atoms with E-state index in [-0.39, 0.29) is 11.4 Å². The maximum Gasteiger partial charge on any atom is 0.261 e. The number of unbranched alkanes of at least 4 members (excludes halogenated alkanes) is 1. The molecular formula is C16H18FN3O. The number of hydrogen-bond acceptors (Lipinski definition) is 3. The number of rotatable bonds is 3. The summed E-state index contributed by atoms with van der Waals surface area (Å²) in [7, 11) is 0. The summed E-state index contributed by atoms with van der Waals surface area (Å²) in [5.41, 5.74) is 1.94. The molecule has 0 saturated carbocycles. The molecule has 5 heteroatoms. The Balaban J connectivity index is 2.35. The number of nitrogens with one attached hydrogen (secondary N) is 1. The number of anilines is 1. The first-order valence-electron chi connectivity index (χ1n) is 7.32. The third-order valence-corrected chi connectivity index (χ3v) is 3.76. The molecule has 1 aromatic carbocycles. The van der Waals surface area contributed by atoms with Gasteiger partial charge >= 0.3 is 0 Å². The summed E-state index contributed by atoms with van der Waals surface area (Å²) in [6.07, 6.45) is 3.53. The van der Waals surface area contributed by atoms with Crippen LogP contribution in [0.1, 0.15) is 25.3 Å². The summed E-state index contributed by atoms with van der Waals surface area (Å²) >= 11 is 0. The Labute approximate surface area is 122 Å². The van der Waals surface area contributed by atoms with Gasteiger partial charge in [0.15, 0.2) is 0 Å². The molecule has 0 atom stereocenters. The van der Waals surface area contributed by atoms with Crippen LogP contribution in [0.5, 0.6) is 0 Å². The number of hydrogen-bond donors (Lipinski definition) is 1. The average molecular weight is 287 g/mol. The molecule has 110 valence electrons. The number of pyridine rings is 1. The number of aliphatic imine (C=N–C) groups is 1. The molecule has 1 N–H and O–H groups in total. The second-order valence-corrected chi connectivity index (χ2v) is 5.22. The fraction of sp³-hybridized carbons (Fsp3) is 0.375. The highest BCUT2D eigenvalue weighted by molar-refractivity contribution is 6.01. The molecule has 1 aromatic heterocycles. The summed E-state index contributed by atoms with van der Waals surface area (Å²) in [4.78, 5) is 16.9. The van der Waals surface area contributed by atoms with Crippen LogP contribution in [0.15, 0.2) is 28.0 Å². The summed E-state index contributed by atoms with van der Waals surface area (Å²) < 4.78 is 15.4. The first kappa shape index (κ1) is 13.8. The van der Waals surface area contributed by atoms with E-state index in [9.17, 15) is 9.18 Å². The van der Waals surface area contributed by atoms with Crippen LogP contribution in [0.3, 0.4) is 0 Å². The van der Waals surface area contributed by atoms with Crippen LogP contribution in [0.25, 0.3) is 10.9 Å². The van der Waals surface area contributed by atoms with Gasteiger partial charge in [-0.2, -0.15) is 0 Å². The third kappa shape index (κ3) is 2.44. The van der Waals surface area contributed by atoms with Gasteiger partial charge in [0.05, 0.1) is 23.3 Å². The minimum atomic E-state index is -0.298. The van der Waals surface area contributed by atoms with Crippen molar-refractivity contribution in [1.29, 1.82) is 0 Å². The van der Waals surface area contributed by atoms with Gasteiger partial charge in [-0.3, -0.25) is 9.79 Å². The second-order valence-electron chi connectivity index (χ2n) is 5.22. The lowest BCUT2D eigenvalue weighted by molar-refractivity contribution is 0.622. The fourth-order valence-corrected chi connectivity index (χ4v) is 2.70. The highest BCUT2D eigenvalue weighted by Crippen LogP contribution is 2.26. The molecule has 2 heterocycles. The van der Waals surface area contributed by atoms with Gasteiger partial charge in [-0.25, -0.2) is 4.39 Å². The van der Waals surface area contributed by atoms with E-state index < -0.39 is 0 Å². The fourth-order valence-electron chi connectivity index (χ4n) is 2.70. The second kappa shape index (κ2) is 5.68. The summed E-state index contributed by atoms with van der Waals surface area (Å²) in [6, 6.07) is 4.58. The summed E-state index contributed by atoms with van der Waals surface area (Å²) in [5.74, 6) is -0.298. The predicted octanol–water partition coefficient (Wildman–Crippen LogP) is 2.79. The van der Waals surface area contributed by atoms with Crippen LogP contribution in [0, 0.1) is 5.82 Å². The molecule has 21 heavy (non-hydrogen) atoms. The van der Waals surface area contributed by atoms with Crippen molar-refractivity contribution in [3.63, 3.8) is 0 Å². The zero-order valence-corrected chi connectivity index (χ0v) is 12.0. The molecule has 1 aliphatic rings. The van der Waals surface area contributed by atoms with Crippen LogP contribution < -0.4 is 10.9 Å². The lowest BCUT2D eigenvalue weighted by Gasteiger charge is -2.16. The highest BCUT2D eigenvalue weighted by Gasteiger charge is 2.17. The molecule has 0 aliphatic carbocycles. The Hall–Kier alpha value is -2.17. The number of fused-ring (bicyclic) bond motifs is 3. The molecule has 0 spiro atoms. The third-order valence-electron chi connectivity index (χ3n) is 3.76. The molecule has 3 rings (SSSR count). The molecule has 0 fully saturated rings. The molecule has 0 radical (unpaired) electrons. The normalized spacial score (nSPS) is 13.8. The van der Waals surface area contributed by atoms with Crippen molar-refractivity contribution in [3.05, 3.63) is 39.9 Å². The van der Waals surface area contributed by atoms with Gasteiger partial charge in [-0.15, -0.1) is 0 Å². The van der Waals surface area contributed by atoms with Crippen LogP contribution in [0.4, 0.5) is 10.1 Å². The summed E-state index contributed by atoms with van der Waals surface area (Å²) in [6.45, 7) is 3.98. The van der Waals surface area contributed by atoms with Crippen LogP contribution >= 0.6 is 0 Å². The van der Waals surface area contributed by atoms with E-state index in [0.29, 0.717) is 30.9 Å². The van der Waals surface area contributed by atoms with Crippen molar-refractivity contribution in [2.75, 3.05) is 18.4 Å². The molecule has 0 saturated heterocycles. The number of benzene rings is 1. The predicted molar refractivity (Wildman–Crippen MR) is 84.0 cm³/mol. The average Bonchev–Trinajstić information content (AvgIpc) is 2.73. The van der Waals surface area contributed by atoms with Crippen LogP contribution in [-0.4, -0.2) is 23.9 Å². The summed E-state index contributed by atoms with van der Waals surface area (Å²) in [5, 5.41) is 3.96. The van der Waals surface area contributed by atoms with E-state index in [1.165, 1.54) is 12.1 Å². The number of halogens is 1. The van der Waals surface area contributed by atoms with Crippen molar-refractivity contribution >= 4 is 22.8 Å². The van der Waals surface area contributed by atoms with E-state index in [1.807, 2.05) is 0 Å². The van der Waals surface area contributed by atoms with Crippen LogP contribution in [0.2, 0.25) is 0 Å². The Morgan fingerprint density at radius 2 is 2.29 bits per heavy atom. The van der Waals surface area contributed by atoms with Crippen molar-refractivity contribution in [2.45, 2.75) is 26.3 Å². The van der Waals surface area contributed by atoms with Gasteiger partial charge in [-0.1, -0.05) is 13.3 Å². The van der Waals surface area contributed by atoms with E-state index in [1.54, 1.807) is 16.8 Å². The van der Waals surface area contributed by atoms with Gasteiger partial charge < -0.3 is 9.88 Å². The van der Waals surface area contributed by atoms with Gasteiger partial charge in [0.25, 0.3) is 5.56 Å². The first-order chi connectivity index (χ1) is 10.2. The molecule has 1 aliphatic heterocycles. The van der Waals surface area contributed by atoms with Crippen molar-refractivity contribution in [3.8, 4) is 0 Å². The SMILES string of the molecule is CCCCn1c(=O)c2c(c3cc(F)ccc31)NCCN=C2. The Morgan fingerprint density at radius 1 is 1.43 bits per heavy atom. The molecular weight excluding hydrogens is 269 g/mol. The first-order valence-corrected chi connectivity index (χ1v) is 7.32. The standard InChI is InChI=1S/C16H18FN3O/c1-2-3-8-20-14-5-4-11(17)9-12(14)15-13(16(20)21)10-18-6-7-19-15/h4-5,9-10,19H,2-3,6-8H2,1H3. The topological polar surface area (TPSA) is 46.4 Å². The Bertz CT molecular complexity index is 764. The van der Waals surface area contributed by atoms with Gasteiger partial charge in [0, 0.05) is 24.7 Å². The van der Waals surface area contributed by atoms with Gasteiger partial charge in [-0.05, 0) is 24.6 Å². The number of nitrogens with zero attached hydrogens (tertiary/aromatic N) is 2. The minimum Gasteiger partial charge on any atom is -0.382 e. The van der Waals surface area contributed by atoms with Crippen molar-refractivity contribution < 1.29 is 4.39 Å². The van der Waals surface area contributed by atoms with Crippen molar-refractivity contribution in [1.82, 2.24) is 4.57 Å².